The monoisotopic (exact) mass is 446 g/mol. The van der Waals surface area contributed by atoms with Gasteiger partial charge in [0.1, 0.15) is 0 Å². The van der Waals surface area contributed by atoms with E-state index in [1.54, 1.807) is 15.6 Å². The summed E-state index contributed by atoms with van der Waals surface area (Å²) < 4.78 is 28.5. The molecule has 7 heteroatoms. The minimum absolute atomic E-state index is 0.0851. The summed E-state index contributed by atoms with van der Waals surface area (Å²) in [5.41, 5.74) is 4.92. The summed E-state index contributed by atoms with van der Waals surface area (Å²) in [7, 11) is -3.57. The second kappa shape index (κ2) is 8.09. The molecule has 0 saturated carbocycles. The van der Waals surface area contributed by atoms with Gasteiger partial charge in [-0.05, 0) is 86.2 Å². The second-order valence-electron chi connectivity index (χ2n) is 8.65. The lowest BCUT2D eigenvalue weighted by molar-refractivity contribution is -0.137. The lowest BCUT2D eigenvalue weighted by Gasteiger charge is -2.35. The molecule has 1 aromatic heterocycles. The van der Waals surface area contributed by atoms with E-state index in [0.29, 0.717) is 37.4 Å². The van der Waals surface area contributed by atoms with Crippen LogP contribution in [0.1, 0.15) is 45.5 Å². The Hall–Kier alpha value is -1.70. The van der Waals surface area contributed by atoms with Gasteiger partial charge in [-0.25, -0.2) is 8.42 Å². The highest BCUT2D eigenvalue weighted by Crippen LogP contribution is 2.32. The lowest BCUT2D eigenvalue weighted by Crippen LogP contribution is -2.45. The molecule has 0 aliphatic carbocycles. The largest absolute Gasteiger partial charge is 0.338 e. The predicted molar refractivity (Wildman–Crippen MR) is 120 cm³/mol. The van der Waals surface area contributed by atoms with Gasteiger partial charge in [0.05, 0.1) is 4.90 Å². The Morgan fingerprint density at radius 3 is 2.30 bits per heavy atom. The maximum absolute atomic E-state index is 13.5. The summed E-state index contributed by atoms with van der Waals surface area (Å²) in [5, 5.41) is 2.10. The van der Waals surface area contributed by atoms with Crippen molar-refractivity contribution in [2.75, 3.05) is 19.6 Å². The minimum Gasteiger partial charge on any atom is -0.338 e. The molecular formula is C23H30N2O3S2. The van der Waals surface area contributed by atoms with Crippen LogP contribution < -0.4 is 0 Å². The fraction of sp³-hybridized carbons (Fsp3) is 0.522. The number of thiophene rings is 1. The first-order chi connectivity index (χ1) is 14.2. The van der Waals surface area contributed by atoms with Crippen molar-refractivity contribution < 1.29 is 13.2 Å². The molecule has 0 N–H and O–H groups in total. The molecule has 30 heavy (non-hydrogen) atoms. The van der Waals surface area contributed by atoms with Crippen molar-refractivity contribution in [1.29, 1.82) is 0 Å². The van der Waals surface area contributed by atoms with E-state index >= 15 is 0 Å². The van der Waals surface area contributed by atoms with Gasteiger partial charge < -0.3 is 4.90 Å². The number of piperidine rings is 1. The third-order valence-corrected chi connectivity index (χ3v) is 10.0. The Morgan fingerprint density at radius 1 is 1.03 bits per heavy atom. The lowest BCUT2D eigenvalue weighted by atomic mass is 9.95. The molecular weight excluding hydrogens is 416 g/mol. The van der Waals surface area contributed by atoms with Crippen LogP contribution in [-0.4, -0.2) is 43.2 Å². The first-order valence-electron chi connectivity index (χ1n) is 10.6. The SMILES string of the molecule is Cc1cc(C)c(C)c(S(=O)(=O)N2CCC(C(=O)N3CCc4sccc4C3)CC2)c1C. The van der Waals surface area contributed by atoms with Crippen molar-refractivity contribution in [2.24, 2.45) is 5.92 Å². The molecule has 162 valence electrons. The van der Waals surface area contributed by atoms with Crippen LogP contribution >= 0.6 is 11.3 Å². The van der Waals surface area contributed by atoms with Gasteiger partial charge in [-0.2, -0.15) is 4.31 Å². The van der Waals surface area contributed by atoms with Crippen LogP contribution in [0.25, 0.3) is 0 Å². The predicted octanol–water partition coefficient (Wildman–Crippen LogP) is 3.97. The van der Waals surface area contributed by atoms with Crippen molar-refractivity contribution in [2.45, 2.75) is 58.4 Å². The number of carbonyl (C=O) groups excluding carboxylic acids is 1. The average Bonchev–Trinajstić information content (AvgIpc) is 3.20. The van der Waals surface area contributed by atoms with Gasteiger partial charge in [0.25, 0.3) is 0 Å². The zero-order valence-electron chi connectivity index (χ0n) is 18.2. The fourth-order valence-corrected chi connectivity index (χ4v) is 7.67. The quantitative estimate of drug-likeness (QED) is 0.717. The fourth-order valence-electron chi connectivity index (χ4n) is 4.73. The number of hydrogen-bond acceptors (Lipinski definition) is 4. The molecule has 0 spiro atoms. The van der Waals surface area contributed by atoms with E-state index in [0.717, 1.165) is 35.2 Å². The van der Waals surface area contributed by atoms with Crippen LogP contribution in [0.2, 0.25) is 0 Å². The summed E-state index contributed by atoms with van der Waals surface area (Å²) >= 11 is 1.77. The summed E-state index contributed by atoms with van der Waals surface area (Å²) in [5.74, 6) is 0.0979. The minimum atomic E-state index is -3.57. The normalized spacial score (nSPS) is 18.5. The Kier molecular flexibility index (Phi) is 5.81. The van der Waals surface area contributed by atoms with Crippen molar-refractivity contribution >= 4 is 27.3 Å². The number of aryl methyl sites for hydroxylation is 2. The number of benzene rings is 1. The Labute approximate surface area is 183 Å². The molecule has 1 aromatic carbocycles. The topological polar surface area (TPSA) is 57.7 Å². The molecule has 2 aliphatic heterocycles. The number of sulfonamides is 1. The molecule has 4 rings (SSSR count). The highest BCUT2D eigenvalue weighted by Gasteiger charge is 2.36. The molecule has 0 unspecified atom stereocenters. The standard InChI is InChI=1S/C23H30N2O3S2/c1-15-13-16(2)18(4)22(17(15)3)30(27,28)25-10-5-19(6-11-25)23(26)24-9-7-21-20(14-24)8-12-29-21/h8,12-13,19H,5-7,9-11,14H2,1-4H3. The van der Waals surface area contributed by atoms with Crippen molar-refractivity contribution in [3.63, 3.8) is 0 Å². The van der Waals surface area contributed by atoms with Crippen LogP contribution in [0, 0.1) is 33.6 Å². The van der Waals surface area contributed by atoms with Gasteiger partial charge in [-0.15, -0.1) is 11.3 Å². The number of carbonyl (C=O) groups is 1. The van der Waals surface area contributed by atoms with Crippen molar-refractivity contribution in [1.82, 2.24) is 9.21 Å². The van der Waals surface area contributed by atoms with Gasteiger partial charge in [0.2, 0.25) is 15.9 Å². The summed E-state index contributed by atoms with van der Waals surface area (Å²) in [4.78, 5) is 16.9. The maximum Gasteiger partial charge on any atom is 0.243 e. The van der Waals surface area contributed by atoms with Gasteiger partial charge in [-0.3, -0.25) is 4.79 Å². The highest BCUT2D eigenvalue weighted by molar-refractivity contribution is 7.89. The zero-order chi connectivity index (χ0) is 21.6. The number of hydrogen-bond donors (Lipinski definition) is 0. The summed E-state index contributed by atoms with van der Waals surface area (Å²) in [6, 6.07) is 4.16. The van der Waals surface area contributed by atoms with Crippen molar-refractivity contribution in [3.05, 3.63) is 50.2 Å². The molecule has 3 heterocycles. The zero-order valence-corrected chi connectivity index (χ0v) is 19.8. The summed E-state index contributed by atoms with van der Waals surface area (Å²) in [6.45, 7) is 9.97. The summed E-state index contributed by atoms with van der Waals surface area (Å²) in [6.07, 6.45) is 2.11. The van der Waals surface area contributed by atoms with Gasteiger partial charge in [0, 0.05) is 37.0 Å². The van der Waals surface area contributed by atoms with Crippen LogP contribution in [-0.2, 0) is 27.8 Å². The van der Waals surface area contributed by atoms with E-state index in [9.17, 15) is 13.2 Å². The number of nitrogens with zero attached hydrogens (tertiary/aromatic N) is 2. The van der Waals surface area contributed by atoms with Crippen LogP contribution in [0.4, 0.5) is 0 Å². The van der Waals surface area contributed by atoms with Crippen LogP contribution in [0.3, 0.4) is 0 Å². The maximum atomic E-state index is 13.5. The van der Waals surface area contributed by atoms with E-state index in [4.69, 9.17) is 0 Å². The Balaban J connectivity index is 1.47. The average molecular weight is 447 g/mol. The molecule has 1 amide bonds. The van der Waals surface area contributed by atoms with Crippen LogP contribution in [0.15, 0.2) is 22.4 Å². The molecule has 0 atom stereocenters. The molecule has 5 nitrogen and oxygen atoms in total. The molecule has 2 aliphatic rings. The molecule has 0 bridgehead atoms. The molecule has 1 fully saturated rings. The van der Waals surface area contributed by atoms with E-state index in [1.165, 1.54) is 10.4 Å². The van der Waals surface area contributed by atoms with E-state index in [1.807, 2.05) is 38.7 Å². The van der Waals surface area contributed by atoms with E-state index < -0.39 is 10.0 Å². The second-order valence-corrected chi connectivity index (χ2v) is 11.5. The van der Waals surface area contributed by atoms with Crippen molar-refractivity contribution in [3.8, 4) is 0 Å². The highest BCUT2D eigenvalue weighted by atomic mass is 32.2. The number of fused-ring (bicyclic) bond motifs is 1. The number of rotatable bonds is 3. The van der Waals surface area contributed by atoms with Crippen LogP contribution in [0.5, 0.6) is 0 Å². The third-order valence-electron chi connectivity index (χ3n) is 6.82. The number of amides is 1. The van der Waals surface area contributed by atoms with E-state index in [2.05, 4.69) is 11.4 Å². The van der Waals surface area contributed by atoms with E-state index in [-0.39, 0.29) is 11.8 Å². The Morgan fingerprint density at radius 2 is 1.67 bits per heavy atom. The molecule has 2 aromatic rings. The third kappa shape index (κ3) is 3.72. The first-order valence-corrected chi connectivity index (χ1v) is 12.9. The molecule has 1 saturated heterocycles. The van der Waals surface area contributed by atoms with Gasteiger partial charge in [0.15, 0.2) is 0 Å². The van der Waals surface area contributed by atoms with Gasteiger partial charge >= 0.3 is 0 Å². The Bertz CT molecular complexity index is 1050. The first kappa shape index (κ1) is 21.5. The smallest absolute Gasteiger partial charge is 0.243 e. The molecule has 0 radical (unpaired) electrons. The van der Waals surface area contributed by atoms with Gasteiger partial charge in [-0.1, -0.05) is 6.07 Å².